The number of hydrogen-bond donors (Lipinski definition) is 1. The average Bonchev–Trinajstić information content (AvgIpc) is 2.68. The molecule has 1 saturated carbocycles. The first-order valence-corrected chi connectivity index (χ1v) is 7.16. The van der Waals surface area contributed by atoms with Gasteiger partial charge in [-0.1, -0.05) is 19.3 Å². The predicted molar refractivity (Wildman–Crippen MR) is 73.5 cm³/mol. The van der Waals surface area contributed by atoms with Gasteiger partial charge in [0.05, 0.1) is 0 Å². The normalized spacial score (nSPS) is 18.2. The van der Waals surface area contributed by atoms with Gasteiger partial charge in [0.15, 0.2) is 0 Å². The molecule has 1 aromatic heterocycles. The summed E-state index contributed by atoms with van der Waals surface area (Å²) in [6, 6.07) is 0.615. The molecule has 1 fully saturated rings. The van der Waals surface area contributed by atoms with E-state index in [0.717, 1.165) is 24.5 Å². The fourth-order valence-corrected chi connectivity index (χ4v) is 2.83. The highest BCUT2D eigenvalue weighted by Gasteiger charge is 2.22. The quantitative estimate of drug-likeness (QED) is 0.894. The van der Waals surface area contributed by atoms with Crippen LogP contribution >= 0.6 is 0 Å². The summed E-state index contributed by atoms with van der Waals surface area (Å²) < 4.78 is 2.37. The van der Waals surface area contributed by atoms with Gasteiger partial charge < -0.3 is 10.3 Å². The number of aromatic nitrogens is 3. The zero-order valence-electron chi connectivity index (χ0n) is 11.9. The summed E-state index contributed by atoms with van der Waals surface area (Å²) in [7, 11) is 0. The van der Waals surface area contributed by atoms with Crippen LogP contribution in [0.3, 0.4) is 0 Å². The lowest BCUT2D eigenvalue weighted by molar-refractivity contribution is 0.337. The molecule has 0 radical (unpaired) electrons. The molecular formula is C14H26N4. The molecule has 4 nitrogen and oxygen atoms in total. The molecule has 0 bridgehead atoms. The second-order valence-electron chi connectivity index (χ2n) is 6.31. The first kappa shape index (κ1) is 13.5. The topological polar surface area (TPSA) is 56.7 Å². The lowest BCUT2D eigenvalue weighted by atomic mass is 9.94. The molecular weight excluding hydrogens is 224 g/mol. The maximum Gasteiger partial charge on any atom is 0.133 e. The van der Waals surface area contributed by atoms with Crippen molar-refractivity contribution in [2.45, 2.75) is 77.3 Å². The molecule has 0 unspecified atom stereocenters. The first-order chi connectivity index (χ1) is 8.47. The van der Waals surface area contributed by atoms with Crippen molar-refractivity contribution in [3.05, 3.63) is 11.6 Å². The smallest absolute Gasteiger partial charge is 0.133 e. The van der Waals surface area contributed by atoms with E-state index in [2.05, 4.69) is 35.5 Å². The van der Waals surface area contributed by atoms with E-state index in [4.69, 9.17) is 5.73 Å². The Kier molecular flexibility index (Phi) is 4.05. The molecule has 0 aliphatic heterocycles. The van der Waals surface area contributed by atoms with Gasteiger partial charge in [0.25, 0.3) is 0 Å². The highest BCUT2D eigenvalue weighted by molar-refractivity contribution is 4.99. The van der Waals surface area contributed by atoms with Crippen LogP contribution in [-0.4, -0.2) is 20.3 Å². The van der Waals surface area contributed by atoms with E-state index in [1.165, 1.54) is 32.1 Å². The van der Waals surface area contributed by atoms with Crippen molar-refractivity contribution in [3.63, 3.8) is 0 Å². The zero-order chi connectivity index (χ0) is 13.2. The molecule has 4 heteroatoms. The van der Waals surface area contributed by atoms with Gasteiger partial charge in [-0.15, -0.1) is 10.2 Å². The van der Waals surface area contributed by atoms with E-state index in [1.807, 2.05) is 0 Å². The SMILES string of the molecule is Cc1nnc(CCC(C)(C)N)n1C1CCCCC1. The van der Waals surface area contributed by atoms with Crippen LogP contribution in [0.15, 0.2) is 0 Å². The molecule has 1 aliphatic rings. The van der Waals surface area contributed by atoms with Crippen molar-refractivity contribution in [1.82, 2.24) is 14.8 Å². The second-order valence-corrected chi connectivity index (χ2v) is 6.31. The van der Waals surface area contributed by atoms with Crippen molar-refractivity contribution in [3.8, 4) is 0 Å². The number of aryl methyl sites for hydroxylation is 2. The molecule has 0 saturated heterocycles. The van der Waals surface area contributed by atoms with E-state index >= 15 is 0 Å². The van der Waals surface area contributed by atoms with Crippen LogP contribution < -0.4 is 5.73 Å². The van der Waals surface area contributed by atoms with Gasteiger partial charge in [0, 0.05) is 18.0 Å². The lowest BCUT2D eigenvalue weighted by Crippen LogP contribution is -2.32. The largest absolute Gasteiger partial charge is 0.326 e. The van der Waals surface area contributed by atoms with Crippen LogP contribution in [-0.2, 0) is 6.42 Å². The summed E-state index contributed by atoms with van der Waals surface area (Å²) in [5.41, 5.74) is 5.93. The van der Waals surface area contributed by atoms with Crippen LogP contribution in [0.2, 0.25) is 0 Å². The molecule has 0 aromatic carbocycles. The molecule has 0 amide bonds. The third kappa shape index (κ3) is 3.31. The predicted octanol–water partition coefficient (Wildman–Crippen LogP) is 2.76. The second kappa shape index (κ2) is 5.39. The Labute approximate surface area is 110 Å². The van der Waals surface area contributed by atoms with Gasteiger partial charge in [-0.3, -0.25) is 0 Å². The summed E-state index contributed by atoms with van der Waals surface area (Å²) in [6.45, 7) is 6.21. The van der Waals surface area contributed by atoms with Gasteiger partial charge in [0.1, 0.15) is 11.6 Å². The van der Waals surface area contributed by atoms with Crippen molar-refractivity contribution in [2.75, 3.05) is 0 Å². The Morgan fingerprint density at radius 1 is 1.22 bits per heavy atom. The fraction of sp³-hybridized carbons (Fsp3) is 0.857. The van der Waals surface area contributed by atoms with E-state index in [9.17, 15) is 0 Å². The standard InChI is InChI=1S/C14H26N4/c1-11-16-17-13(9-10-14(2,3)15)18(11)12-7-5-4-6-8-12/h12H,4-10,15H2,1-3H3. The van der Waals surface area contributed by atoms with Crippen molar-refractivity contribution < 1.29 is 0 Å². The van der Waals surface area contributed by atoms with Crippen molar-refractivity contribution in [1.29, 1.82) is 0 Å². The first-order valence-electron chi connectivity index (χ1n) is 7.16. The molecule has 2 N–H and O–H groups in total. The highest BCUT2D eigenvalue weighted by Crippen LogP contribution is 2.30. The van der Waals surface area contributed by atoms with E-state index < -0.39 is 0 Å². The third-order valence-electron chi connectivity index (χ3n) is 3.87. The summed E-state index contributed by atoms with van der Waals surface area (Å²) >= 11 is 0. The Hall–Kier alpha value is -0.900. The minimum absolute atomic E-state index is 0.128. The minimum atomic E-state index is -0.128. The minimum Gasteiger partial charge on any atom is -0.326 e. The van der Waals surface area contributed by atoms with Gasteiger partial charge >= 0.3 is 0 Å². The molecule has 1 aromatic rings. The Morgan fingerprint density at radius 2 is 1.89 bits per heavy atom. The summed E-state index contributed by atoms with van der Waals surface area (Å²) in [5, 5.41) is 8.62. The molecule has 0 atom stereocenters. The molecule has 1 aliphatic carbocycles. The number of nitrogens with two attached hydrogens (primary N) is 1. The monoisotopic (exact) mass is 250 g/mol. The molecule has 18 heavy (non-hydrogen) atoms. The summed E-state index contributed by atoms with van der Waals surface area (Å²) in [5.74, 6) is 2.18. The molecule has 102 valence electrons. The summed E-state index contributed by atoms with van der Waals surface area (Å²) in [4.78, 5) is 0. The van der Waals surface area contributed by atoms with Crippen LogP contribution in [0, 0.1) is 6.92 Å². The zero-order valence-corrected chi connectivity index (χ0v) is 11.9. The number of nitrogens with zero attached hydrogens (tertiary/aromatic N) is 3. The van der Waals surface area contributed by atoms with Gasteiger partial charge in [-0.05, 0) is 40.0 Å². The Balaban J connectivity index is 2.11. The van der Waals surface area contributed by atoms with Crippen molar-refractivity contribution >= 4 is 0 Å². The van der Waals surface area contributed by atoms with Gasteiger partial charge in [-0.25, -0.2) is 0 Å². The molecule has 0 spiro atoms. The van der Waals surface area contributed by atoms with Crippen LogP contribution in [0.5, 0.6) is 0 Å². The van der Waals surface area contributed by atoms with E-state index in [1.54, 1.807) is 0 Å². The molecule has 1 heterocycles. The highest BCUT2D eigenvalue weighted by atomic mass is 15.3. The van der Waals surface area contributed by atoms with Crippen LogP contribution in [0.25, 0.3) is 0 Å². The van der Waals surface area contributed by atoms with Gasteiger partial charge in [0.2, 0.25) is 0 Å². The Morgan fingerprint density at radius 3 is 2.50 bits per heavy atom. The van der Waals surface area contributed by atoms with Crippen LogP contribution in [0.4, 0.5) is 0 Å². The van der Waals surface area contributed by atoms with Crippen LogP contribution in [0.1, 0.15) is 70.1 Å². The molecule has 2 rings (SSSR count). The average molecular weight is 250 g/mol. The van der Waals surface area contributed by atoms with Gasteiger partial charge in [-0.2, -0.15) is 0 Å². The fourth-order valence-electron chi connectivity index (χ4n) is 2.83. The van der Waals surface area contributed by atoms with E-state index in [0.29, 0.717) is 6.04 Å². The number of hydrogen-bond acceptors (Lipinski definition) is 3. The maximum absolute atomic E-state index is 6.06. The van der Waals surface area contributed by atoms with Crippen molar-refractivity contribution in [2.24, 2.45) is 5.73 Å². The maximum atomic E-state index is 6.06. The lowest BCUT2D eigenvalue weighted by Gasteiger charge is -2.26. The van der Waals surface area contributed by atoms with E-state index in [-0.39, 0.29) is 5.54 Å². The summed E-state index contributed by atoms with van der Waals surface area (Å²) in [6.07, 6.45) is 8.49. The third-order valence-corrected chi connectivity index (χ3v) is 3.87. The Bertz CT molecular complexity index is 383. The number of rotatable bonds is 4.